The van der Waals surface area contributed by atoms with E-state index in [0.29, 0.717) is 6.54 Å². The molecular formula is C22H39N3O3. The molecule has 160 valence electrons. The van der Waals surface area contributed by atoms with E-state index < -0.39 is 0 Å². The molecule has 1 aliphatic heterocycles. The summed E-state index contributed by atoms with van der Waals surface area (Å²) in [4.78, 5) is 28.4. The lowest BCUT2D eigenvalue weighted by atomic mass is 9.82. The lowest BCUT2D eigenvalue weighted by Crippen LogP contribution is -2.57. The Labute approximate surface area is 171 Å². The summed E-state index contributed by atoms with van der Waals surface area (Å²) in [5.41, 5.74) is 3.48. The van der Waals surface area contributed by atoms with E-state index in [1.807, 2.05) is 47.6 Å². The minimum Gasteiger partial charge on any atom is -0.507 e. The van der Waals surface area contributed by atoms with Crippen LogP contribution in [0.3, 0.4) is 0 Å². The molecule has 2 rings (SSSR count). The zero-order valence-corrected chi connectivity index (χ0v) is 19.6. The molecule has 0 aromatic heterocycles. The van der Waals surface area contributed by atoms with Crippen LogP contribution in [0.2, 0.25) is 0 Å². The summed E-state index contributed by atoms with van der Waals surface area (Å²) in [6.45, 7) is 18.6. The third-order valence-corrected chi connectivity index (χ3v) is 4.61. The number of nitrogens with zero attached hydrogens (tertiary/aromatic N) is 3. The standard InChI is InChI=1S/C18H27N3O3.2C2H6/c1-11-8-14(18(3,4)5)15(22)12(2)13(11)9-21-10-19(6)16(23)20(7)17(21)24;2*1-2/h8,22H,9-10H2,1-7H3;2*1-2H3. The number of aromatic hydroxyl groups is 1. The van der Waals surface area contributed by atoms with Crippen LogP contribution in [0.1, 0.15) is 70.7 Å². The second-order valence-electron chi connectivity index (χ2n) is 7.60. The quantitative estimate of drug-likeness (QED) is 0.748. The molecule has 1 heterocycles. The molecule has 4 amide bonds. The molecular weight excluding hydrogens is 354 g/mol. The van der Waals surface area contributed by atoms with Gasteiger partial charge in [-0.1, -0.05) is 54.5 Å². The van der Waals surface area contributed by atoms with Crippen LogP contribution < -0.4 is 0 Å². The molecule has 6 heteroatoms. The van der Waals surface area contributed by atoms with Crippen molar-refractivity contribution < 1.29 is 14.7 Å². The van der Waals surface area contributed by atoms with Crippen molar-refractivity contribution >= 4 is 12.1 Å². The van der Waals surface area contributed by atoms with Crippen molar-refractivity contribution in [3.8, 4) is 5.75 Å². The first kappa shape index (κ1) is 25.8. The van der Waals surface area contributed by atoms with Crippen LogP contribution in [0.15, 0.2) is 6.07 Å². The van der Waals surface area contributed by atoms with Crippen molar-refractivity contribution in [2.24, 2.45) is 0 Å². The van der Waals surface area contributed by atoms with Crippen LogP contribution in [0.4, 0.5) is 9.59 Å². The molecule has 0 radical (unpaired) electrons. The van der Waals surface area contributed by atoms with Crippen LogP contribution in [0, 0.1) is 13.8 Å². The number of aryl methyl sites for hydroxylation is 1. The number of amides is 4. The first-order chi connectivity index (χ1) is 12.9. The Hall–Kier alpha value is -2.24. The molecule has 0 unspecified atom stereocenters. The van der Waals surface area contributed by atoms with Gasteiger partial charge < -0.3 is 14.9 Å². The van der Waals surface area contributed by atoms with Crippen molar-refractivity contribution in [2.75, 3.05) is 20.8 Å². The molecule has 0 atom stereocenters. The van der Waals surface area contributed by atoms with E-state index in [4.69, 9.17) is 0 Å². The minimum absolute atomic E-state index is 0.161. The molecule has 6 nitrogen and oxygen atoms in total. The normalized spacial score (nSPS) is 14.3. The van der Waals surface area contributed by atoms with Crippen molar-refractivity contribution in [1.29, 1.82) is 0 Å². The number of phenolic OH excluding ortho intramolecular Hbond substituents is 1. The predicted molar refractivity (Wildman–Crippen MR) is 116 cm³/mol. The largest absolute Gasteiger partial charge is 0.507 e. The van der Waals surface area contributed by atoms with E-state index >= 15 is 0 Å². The fourth-order valence-corrected chi connectivity index (χ4v) is 3.06. The summed E-state index contributed by atoms with van der Waals surface area (Å²) in [5.74, 6) is 0.283. The molecule has 1 aromatic carbocycles. The van der Waals surface area contributed by atoms with Crippen LogP contribution in [-0.4, -0.2) is 52.6 Å². The summed E-state index contributed by atoms with van der Waals surface area (Å²) < 4.78 is 0. The number of carbonyl (C=O) groups is 2. The smallest absolute Gasteiger partial charge is 0.329 e. The molecule has 0 bridgehead atoms. The van der Waals surface area contributed by atoms with Crippen molar-refractivity contribution in [2.45, 2.75) is 74.3 Å². The first-order valence-electron chi connectivity index (χ1n) is 10.1. The van der Waals surface area contributed by atoms with Gasteiger partial charge in [-0.2, -0.15) is 0 Å². The zero-order valence-electron chi connectivity index (χ0n) is 19.6. The highest BCUT2D eigenvalue weighted by atomic mass is 16.3. The summed E-state index contributed by atoms with van der Waals surface area (Å²) in [6, 6.07) is 1.36. The van der Waals surface area contributed by atoms with Gasteiger partial charge in [-0.15, -0.1) is 0 Å². The number of phenols is 1. The number of hydrogen-bond acceptors (Lipinski definition) is 3. The highest BCUT2D eigenvalue weighted by molar-refractivity contribution is 5.95. The van der Waals surface area contributed by atoms with Crippen molar-refractivity contribution in [3.63, 3.8) is 0 Å². The van der Waals surface area contributed by atoms with E-state index in [-0.39, 0.29) is 29.9 Å². The maximum atomic E-state index is 12.4. The van der Waals surface area contributed by atoms with Gasteiger partial charge in [0.25, 0.3) is 0 Å². The Morgan fingerprint density at radius 3 is 1.96 bits per heavy atom. The highest BCUT2D eigenvalue weighted by Crippen LogP contribution is 2.37. The van der Waals surface area contributed by atoms with E-state index in [1.165, 1.54) is 11.9 Å². The Morgan fingerprint density at radius 2 is 1.50 bits per heavy atom. The monoisotopic (exact) mass is 393 g/mol. The lowest BCUT2D eigenvalue weighted by molar-refractivity contribution is 0.0926. The average molecular weight is 394 g/mol. The minimum atomic E-state index is -0.323. The summed E-state index contributed by atoms with van der Waals surface area (Å²) >= 11 is 0. The van der Waals surface area contributed by atoms with Gasteiger partial charge in [-0.25, -0.2) is 14.5 Å². The Morgan fingerprint density at radius 1 is 1.00 bits per heavy atom. The molecule has 1 aromatic rings. The van der Waals surface area contributed by atoms with Crippen LogP contribution in [0.25, 0.3) is 0 Å². The molecule has 0 spiro atoms. The number of carbonyl (C=O) groups excluding carboxylic acids is 2. The van der Waals surface area contributed by atoms with E-state index in [2.05, 4.69) is 20.8 Å². The van der Waals surface area contributed by atoms with Gasteiger partial charge in [0, 0.05) is 20.6 Å². The Kier molecular flexibility index (Phi) is 9.52. The molecule has 0 aliphatic carbocycles. The predicted octanol–water partition coefficient (Wildman–Crippen LogP) is 5.24. The van der Waals surface area contributed by atoms with Gasteiger partial charge in [0.2, 0.25) is 0 Å². The van der Waals surface area contributed by atoms with Crippen LogP contribution >= 0.6 is 0 Å². The zero-order chi connectivity index (χ0) is 22.4. The third kappa shape index (κ3) is 5.40. The highest BCUT2D eigenvalue weighted by Gasteiger charge is 2.33. The SMILES string of the molecule is CC.CC.Cc1cc(C(C)(C)C)c(O)c(C)c1CN1CN(C)C(=O)N(C)C1=O. The van der Waals surface area contributed by atoms with Gasteiger partial charge in [-0.05, 0) is 41.5 Å². The lowest BCUT2D eigenvalue weighted by Gasteiger charge is -2.38. The second-order valence-corrected chi connectivity index (χ2v) is 7.60. The van der Waals surface area contributed by atoms with Gasteiger partial charge in [0.15, 0.2) is 0 Å². The first-order valence-corrected chi connectivity index (χ1v) is 10.1. The number of imide groups is 1. The maximum absolute atomic E-state index is 12.4. The summed E-state index contributed by atoms with van der Waals surface area (Å²) in [7, 11) is 3.14. The average Bonchev–Trinajstić information content (AvgIpc) is 2.66. The van der Waals surface area contributed by atoms with Gasteiger partial charge in [0.1, 0.15) is 5.75 Å². The third-order valence-electron chi connectivity index (χ3n) is 4.61. The molecule has 1 N–H and O–H groups in total. The van der Waals surface area contributed by atoms with Gasteiger partial charge in [-0.3, -0.25) is 0 Å². The molecule has 1 saturated heterocycles. The van der Waals surface area contributed by atoms with E-state index in [9.17, 15) is 14.7 Å². The fourth-order valence-electron chi connectivity index (χ4n) is 3.06. The number of urea groups is 2. The molecule has 0 saturated carbocycles. The van der Waals surface area contributed by atoms with E-state index in [0.717, 1.165) is 27.2 Å². The number of rotatable bonds is 2. The summed E-state index contributed by atoms with van der Waals surface area (Å²) in [6.07, 6.45) is 0. The number of benzene rings is 1. The Balaban J connectivity index is 0.00000171. The topological polar surface area (TPSA) is 64.1 Å². The fraction of sp³-hybridized carbons (Fsp3) is 0.636. The van der Waals surface area contributed by atoms with Crippen molar-refractivity contribution in [1.82, 2.24) is 14.7 Å². The van der Waals surface area contributed by atoms with E-state index in [1.54, 1.807) is 11.9 Å². The molecule has 1 aliphatic rings. The maximum Gasteiger partial charge on any atom is 0.329 e. The molecule has 28 heavy (non-hydrogen) atoms. The van der Waals surface area contributed by atoms with Crippen LogP contribution in [-0.2, 0) is 12.0 Å². The second kappa shape index (κ2) is 10.3. The number of hydrogen-bond donors (Lipinski definition) is 1. The van der Waals surface area contributed by atoms with Gasteiger partial charge >= 0.3 is 12.1 Å². The Bertz CT molecular complexity index is 693. The molecule has 1 fully saturated rings. The summed E-state index contributed by atoms with van der Waals surface area (Å²) in [5, 5.41) is 10.6. The van der Waals surface area contributed by atoms with Gasteiger partial charge in [0.05, 0.1) is 6.67 Å². The van der Waals surface area contributed by atoms with Crippen LogP contribution in [0.5, 0.6) is 5.75 Å². The van der Waals surface area contributed by atoms with Crippen molar-refractivity contribution in [3.05, 3.63) is 28.3 Å².